The van der Waals surface area contributed by atoms with E-state index in [-0.39, 0.29) is 5.91 Å². The van der Waals surface area contributed by atoms with E-state index in [0.29, 0.717) is 29.8 Å². The van der Waals surface area contributed by atoms with Gasteiger partial charge in [0.05, 0.1) is 18.4 Å². The third-order valence-electron chi connectivity index (χ3n) is 3.65. The maximum Gasteiger partial charge on any atom is 0.268 e. The van der Waals surface area contributed by atoms with Crippen LogP contribution in [0.3, 0.4) is 0 Å². The number of likely N-dealkylation sites (tertiary alicyclic amines) is 1. The van der Waals surface area contributed by atoms with Crippen molar-refractivity contribution in [3.05, 3.63) is 23.7 Å². The number of rotatable bonds is 4. The smallest absolute Gasteiger partial charge is 0.268 e. The van der Waals surface area contributed by atoms with Gasteiger partial charge in [-0.3, -0.25) is 15.1 Å². The Kier molecular flexibility index (Phi) is 4.04. The minimum absolute atomic E-state index is 0.293. The summed E-state index contributed by atoms with van der Waals surface area (Å²) in [6, 6.07) is 2.24. The summed E-state index contributed by atoms with van der Waals surface area (Å²) >= 11 is 0. The average molecular weight is 251 g/mol. The molecule has 1 amide bonds. The number of nitrogens with one attached hydrogen (secondary N) is 1. The van der Waals surface area contributed by atoms with Gasteiger partial charge in [0, 0.05) is 6.04 Å². The van der Waals surface area contributed by atoms with Crippen LogP contribution >= 0.6 is 0 Å². The molecule has 0 saturated carbocycles. The molecule has 1 saturated heterocycles. The first-order valence-electron chi connectivity index (χ1n) is 6.45. The number of hydrogen-bond acceptors (Lipinski definition) is 4. The maximum absolute atomic E-state index is 11.6. The SMILES string of the molecule is CC(C)C1CCCN1Cc1occc1C(=O)NN. The van der Waals surface area contributed by atoms with E-state index in [1.54, 1.807) is 12.3 Å². The fourth-order valence-electron chi connectivity index (χ4n) is 2.73. The first-order valence-corrected chi connectivity index (χ1v) is 6.45. The van der Waals surface area contributed by atoms with Gasteiger partial charge in [0.2, 0.25) is 0 Å². The standard InChI is InChI=1S/C13H21N3O2/c1-9(2)11-4-3-6-16(11)8-12-10(5-7-18-12)13(17)15-14/h5,7,9,11H,3-4,6,8,14H2,1-2H3,(H,15,17). The van der Waals surface area contributed by atoms with Gasteiger partial charge in [0.15, 0.2) is 0 Å². The highest BCUT2D eigenvalue weighted by Crippen LogP contribution is 2.26. The predicted molar refractivity (Wildman–Crippen MR) is 68.6 cm³/mol. The fraction of sp³-hybridized carbons (Fsp3) is 0.615. The van der Waals surface area contributed by atoms with Crippen molar-refractivity contribution in [2.24, 2.45) is 11.8 Å². The highest BCUT2D eigenvalue weighted by molar-refractivity contribution is 5.94. The number of hydrazine groups is 1. The van der Waals surface area contributed by atoms with Crippen LogP contribution in [0.25, 0.3) is 0 Å². The molecule has 1 unspecified atom stereocenters. The molecule has 18 heavy (non-hydrogen) atoms. The van der Waals surface area contributed by atoms with E-state index in [2.05, 4.69) is 24.2 Å². The Morgan fingerprint density at radius 3 is 3.11 bits per heavy atom. The summed E-state index contributed by atoms with van der Waals surface area (Å²) in [4.78, 5) is 14.0. The molecule has 100 valence electrons. The van der Waals surface area contributed by atoms with Gasteiger partial charge in [0.25, 0.3) is 5.91 Å². The lowest BCUT2D eigenvalue weighted by Crippen LogP contribution is -2.34. The van der Waals surface area contributed by atoms with Crippen LogP contribution < -0.4 is 11.3 Å². The summed E-state index contributed by atoms with van der Waals surface area (Å²) in [5.74, 6) is 6.19. The fourth-order valence-corrected chi connectivity index (χ4v) is 2.73. The number of furan rings is 1. The zero-order valence-electron chi connectivity index (χ0n) is 11.0. The van der Waals surface area contributed by atoms with Crippen molar-refractivity contribution in [1.82, 2.24) is 10.3 Å². The number of hydrogen-bond donors (Lipinski definition) is 2. The average Bonchev–Trinajstić information content (AvgIpc) is 2.97. The van der Waals surface area contributed by atoms with Gasteiger partial charge in [-0.2, -0.15) is 0 Å². The molecule has 1 atom stereocenters. The molecule has 1 aromatic heterocycles. The van der Waals surface area contributed by atoms with E-state index in [1.165, 1.54) is 12.8 Å². The topological polar surface area (TPSA) is 71.5 Å². The van der Waals surface area contributed by atoms with Crippen LogP contribution in [-0.2, 0) is 6.54 Å². The molecule has 1 aliphatic heterocycles. The monoisotopic (exact) mass is 251 g/mol. The second-order valence-corrected chi connectivity index (χ2v) is 5.15. The molecule has 2 rings (SSSR count). The van der Waals surface area contributed by atoms with Gasteiger partial charge in [-0.05, 0) is 31.4 Å². The number of carbonyl (C=O) groups excluding carboxylic acids is 1. The zero-order chi connectivity index (χ0) is 13.1. The Morgan fingerprint density at radius 2 is 2.44 bits per heavy atom. The van der Waals surface area contributed by atoms with Crippen LogP contribution in [0, 0.1) is 5.92 Å². The Hall–Kier alpha value is -1.33. The van der Waals surface area contributed by atoms with Crippen molar-refractivity contribution in [3.8, 4) is 0 Å². The van der Waals surface area contributed by atoms with Crippen molar-refractivity contribution >= 4 is 5.91 Å². The predicted octanol–water partition coefficient (Wildman–Crippen LogP) is 1.50. The largest absolute Gasteiger partial charge is 0.467 e. The summed E-state index contributed by atoms with van der Waals surface area (Å²) in [5, 5.41) is 0. The minimum atomic E-state index is -0.293. The quantitative estimate of drug-likeness (QED) is 0.483. The summed E-state index contributed by atoms with van der Waals surface area (Å²) in [7, 11) is 0. The minimum Gasteiger partial charge on any atom is -0.467 e. The van der Waals surface area contributed by atoms with Crippen molar-refractivity contribution in [3.63, 3.8) is 0 Å². The molecule has 1 aliphatic rings. The number of nitrogen functional groups attached to an aromatic ring is 1. The van der Waals surface area contributed by atoms with Crippen LogP contribution in [0.15, 0.2) is 16.7 Å². The molecule has 3 N–H and O–H groups in total. The Labute approximate surface area is 107 Å². The van der Waals surface area contributed by atoms with Crippen molar-refractivity contribution in [2.75, 3.05) is 6.54 Å². The third-order valence-corrected chi connectivity index (χ3v) is 3.65. The van der Waals surface area contributed by atoms with E-state index in [1.807, 2.05) is 0 Å². The van der Waals surface area contributed by atoms with Crippen molar-refractivity contribution < 1.29 is 9.21 Å². The highest BCUT2D eigenvalue weighted by Gasteiger charge is 2.28. The van der Waals surface area contributed by atoms with Crippen LogP contribution in [0.1, 0.15) is 42.8 Å². The number of amides is 1. The lowest BCUT2D eigenvalue weighted by Gasteiger charge is -2.26. The number of carbonyl (C=O) groups is 1. The Bertz CT molecular complexity index is 414. The van der Waals surface area contributed by atoms with E-state index < -0.39 is 0 Å². The molecular formula is C13H21N3O2. The highest BCUT2D eigenvalue weighted by atomic mass is 16.3. The number of nitrogens with zero attached hydrogens (tertiary/aromatic N) is 1. The van der Waals surface area contributed by atoms with Crippen molar-refractivity contribution in [1.29, 1.82) is 0 Å². The van der Waals surface area contributed by atoms with E-state index in [0.717, 1.165) is 6.54 Å². The van der Waals surface area contributed by atoms with E-state index >= 15 is 0 Å². The normalized spacial score (nSPS) is 20.6. The number of nitrogens with two attached hydrogens (primary N) is 1. The van der Waals surface area contributed by atoms with Gasteiger partial charge in [0.1, 0.15) is 5.76 Å². The van der Waals surface area contributed by atoms with Crippen LogP contribution in [0.5, 0.6) is 0 Å². The van der Waals surface area contributed by atoms with Gasteiger partial charge in [-0.15, -0.1) is 0 Å². The molecule has 5 heteroatoms. The molecule has 2 heterocycles. The second kappa shape index (κ2) is 5.54. The van der Waals surface area contributed by atoms with E-state index in [4.69, 9.17) is 10.3 Å². The Balaban J connectivity index is 2.09. The molecule has 0 bridgehead atoms. The summed E-state index contributed by atoms with van der Waals surface area (Å²) in [5.41, 5.74) is 2.68. The molecular weight excluding hydrogens is 230 g/mol. The molecule has 5 nitrogen and oxygen atoms in total. The van der Waals surface area contributed by atoms with Crippen LogP contribution in [0.4, 0.5) is 0 Å². The summed E-state index contributed by atoms with van der Waals surface area (Å²) in [6.45, 7) is 6.21. The van der Waals surface area contributed by atoms with Crippen LogP contribution in [-0.4, -0.2) is 23.4 Å². The van der Waals surface area contributed by atoms with Gasteiger partial charge in [-0.1, -0.05) is 13.8 Å². The maximum atomic E-state index is 11.6. The molecule has 0 radical (unpaired) electrons. The third kappa shape index (κ3) is 2.57. The summed E-state index contributed by atoms with van der Waals surface area (Å²) in [6.07, 6.45) is 3.97. The molecule has 0 spiro atoms. The molecule has 0 aliphatic carbocycles. The van der Waals surface area contributed by atoms with Gasteiger partial charge in [-0.25, -0.2) is 5.84 Å². The van der Waals surface area contributed by atoms with Crippen molar-refractivity contribution in [2.45, 2.75) is 39.3 Å². The summed E-state index contributed by atoms with van der Waals surface area (Å²) < 4.78 is 5.42. The molecule has 1 fully saturated rings. The van der Waals surface area contributed by atoms with Gasteiger partial charge >= 0.3 is 0 Å². The first-order chi connectivity index (χ1) is 8.63. The lowest BCUT2D eigenvalue weighted by molar-refractivity contribution is 0.0948. The first kappa shape index (κ1) is 13.1. The lowest BCUT2D eigenvalue weighted by atomic mass is 10.0. The molecule has 1 aromatic rings. The van der Waals surface area contributed by atoms with E-state index in [9.17, 15) is 4.79 Å². The van der Waals surface area contributed by atoms with Crippen LogP contribution in [0.2, 0.25) is 0 Å². The molecule has 0 aromatic carbocycles. The Morgan fingerprint density at radius 1 is 1.67 bits per heavy atom. The zero-order valence-corrected chi connectivity index (χ0v) is 11.0. The van der Waals surface area contributed by atoms with Gasteiger partial charge < -0.3 is 4.42 Å². The second-order valence-electron chi connectivity index (χ2n) is 5.15.